The first-order valence-electron chi connectivity index (χ1n) is 5.06. The first-order valence-corrected chi connectivity index (χ1v) is 5.94. The molecule has 2 nitrogen and oxygen atoms in total. The average Bonchev–Trinajstić information content (AvgIpc) is 2.66. The highest BCUT2D eigenvalue weighted by molar-refractivity contribution is 7.09. The van der Waals surface area contributed by atoms with Gasteiger partial charge < -0.3 is 5.11 Å². The molecule has 0 saturated carbocycles. The number of thiazole rings is 1. The minimum Gasteiger partial charge on any atom is -0.396 e. The molecule has 0 radical (unpaired) electrons. The predicted octanol–water partition coefficient (Wildman–Crippen LogP) is 2.41. The third-order valence-corrected chi connectivity index (χ3v) is 3.11. The van der Waals surface area contributed by atoms with Crippen molar-refractivity contribution in [3.63, 3.8) is 0 Å². The lowest BCUT2D eigenvalue weighted by Gasteiger charge is -1.97. The Kier molecular flexibility index (Phi) is 3.64. The maximum absolute atomic E-state index is 12.9. The van der Waals surface area contributed by atoms with Gasteiger partial charge in [0.1, 0.15) is 5.82 Å². The monoisotopic (exact) mass is 237 g/mol. The number of hydrogen-bond donors (Lipinski definition) is 1. The van der Waals surface area contributed by atoms with Gasteiger partial charge in [0.05, 0.1) is 10.7 Å². The summed E-state index contributed by atoms with van der Waals surface area (Å²) < 4.78 is 12.9. The van der Waals surface area contributed by atoms with E-state index >= 15 is 0 Å². The van der Waals surface area contributed by atoms with Crippen LogP contribution in [-0.4, -0.2) is 16.7 Å². The summed E-state index contributed by atoms with van der Waals surface area (Å²) in [6.45, 7) is 0.114. The standard InChI is InChI=1S/C12H12FNOS/c13-10-3-1-2-9(6-10)7-12-14-11(4-5-15)8-16-12/h1-3,6,8,15H,4-5,7H2. The van der Waals surface area contributed by atoms with Gasteiger partial charge in [-0.15, -0.1) is 11.3 Å². The van der Waals surface area contributed by atoms with E-state index in [9.17, 15) is 4.39 Å². The molecule has 0 aliphatic carbocycles. The van der Waals surface area contributed by atoms with Crippen LogP contribution in [0.4, 0.5) is 4.39 Å². The van der Waals surface area contributed by atoms with Crippen molar-refractivity contribution in [1.82, 2.24) is 4.98 Å². The van der Waals surface area contributed by atoms with Crippen LogP contribution in [0.15, 0.2) is 29.6 Å². The van der Waals surface area contributed by atoms with Gasteiger partial charge in [0.15, 0.2) is 0 Å². The van der Waals surface area contributed by atoms with Gasteiger partial charge in [0, 0.05) is 24.8 Å². The minimum absolute atomic E-state index is 0.114. The molecule has 1 heterocycles. The normalized spacial score (nSPS) is 10.6. The second-order valence-electron chi connectivity index (χ2n) is 3.51. The van der Waals surface area contributed by atoms with Crippen LogP contribution < -0.4 is 0 Å². The van der Waals surface area contributed by atoms with Gasteiger partial charge in [0.25, 0.3) is 0 Å². The fourth-order valence-corrected chi connectivity index (χ4v) is 2.34. The fourth-order valence-electron chi connectivity index (χ4n) is 1.48. The van der Waals surface area contributed by atoms with E-state index < -0.39 is 0 Å². The number of aliphatic hydroxyl groups is 1. The highest BCUT2D eigenvalue weighted by Crippen LogP contribution is 2.15. The number of aromatic nitrogens is 1. The van der Waals surface area contributed by atoms with Crippen LogP contribution in [0.25, 0.3) is 0 Å². The molecule has 0 atom stereocenters. The zero-order chi connectivity index (χ0) is 11.4. The van der Waals surface area contributed by atoms with Crippen LogP contribution in [0.2, 0.25) is 0 Å². The molecule has 0 unspecified atom stereocenters. The topological polar surface area (TPSA) is 33.1 Å². The van der Waals surface area contributed by atoms with Gasteiger partial charge in [-0.25, -0.2) is 9.37 Å². The van der Waals surface area contributed by atoms with E-state index in [1.54, 1.807) is 17.4 Å². The van der Waals surface area contributed by atoms with Crippen molar-refractivity contribution in [2.24, 2.45) is 0 Å². The number of rotatable bonds is 4. The van der Waals surface area contributed by atoms with Crippen LogP contribution in [0.3, 0.4) is 0 Å². The molecule has 84 valence electrons. The lowest BCUT2D eigenvalue weighted by atomic mass is 10.1. The number of aliphatic hydroxyl groups excluding tert-OH is 1. The van der Waals surface area contributed by atoms with Crippen molar-refractivity contribution in [3.8, 4) is 0 Å². The maximum Gasteiger partial charge on any atom is 0.123 e. The maximum atomic E-state index is 12.9. The van der Waals surface area contributed by atoms with Crippen LogP contribution in [0.1, 0.15) is 16.3 Å². The molecule has 2 aromatic rings. The highest BCUT2D eigenvalue weighted by atomic mass is 32.1. The number of benzene rings is 1. The third-order valence-electron chi connectivity index (χ3n) is 2.21. The van der Waals surface area contributed by atoms with Crippen LogP contribution in [-0.2, 0) is 12.8 Å². The lowest BCUT2D eigenvalue weighted by molar-refractivity contribution is 0.298. The number of hydrogen-bond acceptors (Lipinski definition) is 3. The number of halogens is 1. The molecule has 16 heavy (non-hydrogen) atoms. The van der Waals surface area contributed by atoms with E-state index in [4.69, 9.17) is 5.11 Å². The Morgan fingerprint density at radius 2 is 2.25 bits per heavy atom. The Morgan fingerprint density at radius 1 is 1.38 bits per heavy atom. The highest BCUT2D eigenvalue weighted by Gasteiger charge is 2.03. The first-order chi connectivity index (χ1) is 7.78. The van der Waals surface area contributed by atoms with Crippen molar-refractivity contribution in [2.75, 3.05) is 6.61 Å². The molecular formula is C12H12FNOS. The van der Waals surface area contributed by atoms with Gasteiger partial charge in [0.2, 0.25) is 0 Å². The molecule has 1 aromatic carbocycles. The molecule has 2 rings (SSSR count). The van der Waals surface area contributed by atoms with E-state index in [1.165, 1.54) is 12.1 Å². The Bertz CT molecular complexity index is 470. The summed E-state index contributed by atoms with van der Waals surface area (Å²) in [5, 5.41) is 11.7. The summed E-state index contributed by atoms with van der Waals surface area (Å²) >= 11 is 1.55. The fraction of sp³-hybridized carbons (Fsp3) is 0.250. The zero-order valence-corrected chi connectivity index (χ0v) is 9.51. The van der Waals surface area contributed by atoms with E-state index in [0.717, 1.165) is 16.3 Å². The van der Waals surface area contributed by atoms with Crippen LogP contribution in [0.5, 0.6) is 0 Å². The molecular weight excluding hydrogens is 225 g/mol. The van der Waals surface area contributed by atoms with Gasteiger partial charge in [-0.3, -0.25) is 0 Å². The molecule has 1 N–H and O–H groups in total. The van der Waals surface area contributed by atoms with E-state index in [-0.39, 0.29) is 12.4 Å². The Balaban J connectivity index is 2.08. The SMILES string of the molecule is OCCc1csc(Cc2cccc(F)c2)n1. The van der Waals surface area contributed by atoms with Gasteiger partial charge in [-0.1, -0.05) is 12.1 Å². The molecule has 4 heteroatoms. The summed E-state index contributed by atoms with van der Waals surface area (Å²) in [5.74, 6) is -0.218. The summed E-state index contributed by atoms with van der Waals surface area (Å²) in [6.07, 6.45) is 1.23. The smallest absolute Gasteiger partial charge is 0.123 e. The van der Waals surface area contributed by atoms with Crippen LogP contribution in [0, 0.1) is 5.82 Å². The summed E-state index contributed by atoms with van der Waals surface area (Å²) in [4.78, 5) is 4.36. The minimum atomic E-state index is -0.218. The Labute approximate surface area is 97.4 Å². The second-order valence-corrected chi connectivity index (χ2v) is 4.46. The van der Waals surface area contributed by atoms with Crippen molar-refractivity contribution >= 4 is 11.3 Å². The van der Waals surface area contributed by atoms with Gasteiger partial charge >= 0.3 is 0 Å². The third kappa shape index (κ3) is 2.87. The molecule has 0 fully saturated rings. The molecule has 0 amide bonds. The molecule has 1 aromatic heterocycles. The summed E-state index contributed by atoms with van der Waals surface area (Å²) in [5.41, 5.74) is 1.82. The average molecular weight is 237 g/mol. The van der Waals surface area contributed by atoms with Crippen molar-refractivity contribution in [3.05, 3.63) is 51.7 Å². The molecule has 0 bridgehead atoms. The quantitative estimate of drug-likeness (QED) is 0.885. The Hall–Kier alpha value is -1.26. The Morgan fingerprint density at radius 3 is 3.00 bits per heavy atom. The largest absolute Gasteiger partial charge is 0.396 e. The molecule has 0 aliphatic rings. The van der Waals surface area contributed by atoms with Gasteiger partial charge in [-0.05, 0) is 17.7 Å². The summed E-state index contributed by atoms with van der Waals surface area (Å²) in [7, 11) is 0. The second kappa shape index (κ2) is 5.18. The van der Waals surface area contributed by atoms with E-state index in [1.807, 2.05) is 11.4 Å². The molecule has 0 spiro atoms. The first kappa shape index (κ1) is 11.2. The lowest BCUT2D eigenvalue weighted by Crippen LogP contribution is -1.92. The number of nitrogens with zero attached hydrogens (tertiary/aromatic N) is 1. The summed E-state index contributed by atoms with van der Waals surface area (Å²) in [6, 6.07) is 6.54. The molecule has 0 aliphatic heterocycles. The van der Waals surface area contributed by atoms with Crippen molar-refractivity contribution in [2.45, 2.75) is 12.8 Å². The predicted molar refractivity (Wildman–Crippen MR) is 62.1 cm³/mol. The van der Waals surface area contributed by atoms with Crippen molar-refractivity contribution in [1.29, 1.82) is 0 Å². The van der Waals surface area contributed by atoms with Crippen molar-refractivity contribution < 1.29 is 9.50 Å². The zero-order valence-electron chi connectivity index (χ0n) is 8.69. The van der Waals surface area contributed by atoms with Gasteiger partial charge in [-0.2, -0.15) is 0 Å². The van der Waals surface area contributed by atoms with E-state index in [2.05, 4.69) is 4.98 Å². The molecule has 0 saturated heterocycles. The van der Waals surface area contributed by atoms with E-state index in [0.29, 0.717) is 12.8 Å². The van der Waals surface area contributed by atoms with Crippen LogP contribution >= 0.6 is 11.3 Å².